The average molecular weight is 702 g/mol. The van der Waals surface area contributed by atoms with Crippen LogP contribution < -0.4 is 5.73 Å². The van der Waals surface area contributed by atoms with Gasteiger partial charge in [-0.2, -0.15) is 0 Å². The van der Waals surface area contributed by atoms with Gasteiger partial charge in [0.1, 0.15) is 11.7 Å². The quantitative estimate of drug-likeness (QED) is 0.139. The van der Waals surface area contributed by atoms with E-state index in [0.29, 0.717) is 61.8 Å². The van der Waals surface area contributed by atoms with Crippen molar-refractivity contribution in [1.82, 2.24) is 4.90 Å². The van der Waals surface area contributed by atoms with Crippen LogP contribution in [0.1, 0.15) is 64.5 Å². The van der Waals surface area contributed by atoms with Gasteiger partial charge in [0.25, 0.3) is 0 Å². The van der Waals surface area contributed by atoms with Crippen molar-refractivity contribution in [1.29, 1.82) is 0 Å². The Morgan fingerprint density at radius 3 is 2.04 bits per heavy atom. The lowest BCUT2D eigenvalue weighted by Crippen LogP contribution is -2.39. The number of hydrogen-bond acceptors (Lipinski definition) is 8. The van der Waals surface area contributed by atoms with Crippen LogP contribution in [-0.2, 0) is 36.6 Å². The molecule has 47 heavy (non-hydrogen) atoms. The second kappa shape index (κ2) is 23.3. The third-order valence-corrected chi connectivity index (χ3v) is 6.97. The highest BCUT2D eigenvalue weighted by Crippen LogP contribution is 2.16. The maximum Gasteiger partial charge on any atom is 0.410 e. The van der Waals surface area contributed by atoms with Gasteiger partial charge < -0.3 is 39.8 Å². The molecular weight excluding hydrogens is 651 g/mol. The van der Waals surface area contributed by atoms with E-state index in [4.69, 9.17) is 58.1 Å². The van der Waals surface area contributed by atoms with Gasteiger partial charge in [-0.1, -0.05) is 54.4 Å². The summed E-state index contributed by atoms with van der Waals surface area (Å²) in [6.45, 7) is 9.05. The van der Waals surface area contributed by atoms with Crippen molar-refractivity contribution in [2.24, 2.45) is 5.73 Å². The highest BCUT2D eigenvalue weighted by Gasteiger charge is 2.22. The van der Waals surface area contributed by atoms with Gasteiger partial charge in [0.05, 0.1) is 19.8 Å². The first-order valence-corrected chi connectivity index (χ1v) is 16.5. The van der Waals surface area contributed by atoms with Crippen LogP contribution in [0.5, 0.6) is 0 Å². The number of benzene rings is 2. The normalized spacial score (nSPS) is 12.3. The van der Waals surface area contributed by atoms with E-state index in [2.05, 4.69) is 0 Å². The molecule has 0 saturated carbocycles. The highest BCUT2D eigenvalue weighted by atomic mass is 35.5. The van der Waals surface area contributed by atoms with Crippen molar-refractivity contribution in [2.75, 3.05) is 39.5 Å². The Kier molecular flexibility index (Phi) is 20.8. The third kappa shape index (κ3) is 20.7. The predicted molar refractivity (Wildman–Crippen MR) is 182 cm³/mol. The number of aliphatic carboxylic acids is 1. The molecule has 0 fully saturated rings. The van der Waals surface area contributed by atoms with E-state index in [9.17, 15) is 14.4 Å². The van der Waals surface area contributed by atoms with Gasteiger partial charge >= 0.3 is 18.2 Å². The molecule has 0 spiro atoms. The molecule has 2 aromatic carbocycles. The molecule has 0 bridgehead atoms. The van der Waals surface area contributed by atoms with Crippen LogP contribution in [0.4, 0.5) is 9.59 Å². The zero-order valence-electron chi connectivity index (χ0n) is 27.8. The number of aryl methyl sites for hydroxylation is 1. The first kappa shape index (κ1) is 41.9. The monoisotopic (exact) mass is 700 g/mol. The Labute approximate surface area is 288 Å². The number of carbonyl (C=O) groups is 3. The molecule has 0 heterocycles. The van der Waals surface area contributed by atoms with Gasteiger partial charge in [-0.05, 0) is 88.3 Å². The number of primary amides is 1. The van der Waals surface area contributed by atoms with E-state index in [-0.39, 0.29) is 25.9 Å². The maximum absolute atomic E-state index is 12.5. The Balaban J connectivity index is 0.000000491. The van der Waals surface area contributed by atoms with Crippen LogP contribution in [0.25, 0.3) is 0 Å². The Bertz CT molecular complexity index is 1210. The molecule has 2 aromatic rings. The minimum absolute atomic E-state index is 0.0240. The number of nitrogens with zero attached hydrogens (tertiary/aromatic N) is 1. The molecule has 264 valence electrons. The van der Waals surface area contributed by atoms with Crippen LogP contribution in [0, 0.1) is 0 Å². The number of aliphatic hydroxyl groups excluding tert-OH is 1. The summed E-state index contributed by atoms with van der Waals surface area (Å²) in [6, 6.07) is 15.1. The second-order valence-electron chi connectivity index (χ2n) is 11.7. The van der Waals surface area contributed by atoms with Gasteiger partial charge in [-0.3, -0.25) is 0 Å². The van der Waals surface area contributed by atoms with Crippen molar-refractivity contribution >= 4 is 41.4 Å². The van der Waals surface area contributed by atoms with Crippen LogP contribution in [0.2, 0.25) is 10.0 Å². The van der Waals surface area contributed by atoms with E-state index in [0.717, 1.165) is 17.5 Å². The van der Waals surface area contributed by atoms with Gasteiger partial charge in [-0.25, -0.2) is 14.4 Å². The number of aliphatic hydroxyl groups is 1. The Hall–Kier alpha value is -3.09. The molecule has 0 saturated heterocycles. The zero-order valence-corrected chi connectivity index (χ0v) is 29.3. The number of carbonyl (C=O) groups excluding carboxylic acids is 2. The first-order chi connectivity index (χ1) is 22.2. The lowest BCUT2D eigenvalue weighted by molar-refractivity contribution is -0.150. The van der Waals surface area contributed by atoms with Crippen LogP contribution >= 0.6 is 23.2 Å². The second-order valence-corrected chi connectivity index (χ2v) is 12.5. The van der Waals surface area contributed by atoms with Crippen molar-refractivity contribution in [3.8, 4) is 0 Å². The van der Waals surface area contributed by atoms with E-state index in [1.165, 1.54) is 0 Å². The van der Waals surface area contributed by atoms with Crippen LogP contribution in [0.15, 0.2) is 48.5 Å². The minimum Gasteiger partial charge on any atom is -0.479 e. The fourth-order valence-corrected chi connectivity index (χ4v) is 4.68. The number of carboxylic acids is 1. The average Bonchev–Trinajstić information content (AvgIpc) is 2.98. The van der Waals surface area contributed by atoms with E-state index < -0.39 is 29.9 Å². The SMILES string of the molecule is CCC(OCCCN(CCc1cccc(Cl)c1)C(=O)OC(C)(C)C)C(=O)O.NC(=O)OC(CCOCCO)CCc1cccc(Cl)c1. The molecule has 0 aliphatic rings. The summed E-state index contributed by atoms with van der Waals surface area (Å²) in [5.41, 5.74) is 6.58. The molecule has 11 nitrogen and oxygen atoms in total. The Morgan fingerprint density at radius 1 is 0.915 bits per heavy atom. The summed E-state index contributed by atoms with van der Waals surface area (Å²) in [7, 11) is 0. The molecule has 0 aliphatic heterocycles. The van der Waals surface area contributed by atoms with Gasteiger partial charge in [0.2, 0.25) is 0 Å². The number of rotatable bonds is 19. The number of carboxylic acid groups (broad SMARTS) is 1. The fraction of sp³-hybridized carbons (Fsp3) is 0.559. The number of hydrogen-bond donors (Lipinski definition) is 3. The minimum atomic E-state index is -0.970. The molecule has 0 aliphatic carbocycles. The summed E-state index contributed by atoms with van der Waals surface area (Å²) < 4.78 is 21.1. The molecule has 13 heteroatoms. The molecule has 0 aromatic heterocycles. The lowest BCUT2D eigenvalue weighted by atomic mass is 10.1. The third-order valence-electron chi connectivity index (χ3n) is 6.50. The fourth-order valence-electron chi connectivity index (χ4n) is 4.25. The first-order valence-electron chi connectivity index (χ1n) is 15.7. The van der Waals surface area contributed by atoms with Crippen molar-refractivity contribution in [3.63, 3.8) is 0 Å². The summed E-state index contributed by atoms with van der Waals surface area (Å²) >= 11 is 11.9. The number of ether oxygens (including phenoxy) is 4. The predicted octanol–water partition coefficient (Wildman–Crippen LogP) is 6.53. The molecule has 2 atom stereocenters. The summed E-state index contributed by atoms with van der Waals surface area (Å²) in [6.07, 6.45) is 1.20. The van der Waals surface area contributed by atoms with Crippen LogP contribution in [0.3, 0.4) is 0 Å². The van der Waals surface area contributed by atoms with Gasteiger partial charge in [0.15, 0.2) is 6.10 Å². The molecule has 0 radical (unpaired) electrons. The van der Waals surface area contributed by atoms with Crippen molar-refractivity contribution in [2.45, 2.75) is 84.0 Å². The molecule has 2 unspecified atom stereocenters. The number of nitrogens with two attached hydrogens (primary N) is 1. The van der Waals surface area contributed by atoms with Gasteiger partial charge in [-0.15, -0.1) is 0 Å². The van der Waals surface area contributed by atoms with E-state index in [1.54, 1.807) is 17.9 Å². The highest BCUT2D eigenvalue weighted by molar-refractivity contribution is 6.30. The van der Waals surface area contributed by atoms with Crippen molar-refractivity contribution < 1.29 is 43.5 Å². The Morgan fingerprint density at radius 2 is 1.53 bits per heavy atom. The largest absolute Gasteiger partial charge is 0.479 e. The summed E-state index contributed by atoms with van der Waals surface area (Å²) in [5, 5.41) is 19.0. The van der Waals surface area contributed by atoms with E-state index >= 15 is 0 Å². The summed E-state index contributed by atoms with van der Waals surface area (Å²) in [5.74, 6) is -0.970. The molecule has 4 N–H and O–H groups in total. The molecule has 2 amide bonds. The van der Waals surface area contributed by atoms with E-state index in [1.807, 2.05) is 63.2 Å². The number of amides is 2. The zero-order chi connectivity index (χ0) is 35.2. The van der Waals surface area contributed by atoms with Crippen LogP contribution in [-0.4, -0.2) is 90.6 Å². The maximum atomic E-state index is 12.5. The van der Waals surface area contributed by atoms with Crippen molar-refractivity contribution in [3.05, 3.63) is 69.7 Å². The lowest BCUT2D eigenvalue weighted by Gasteiger charge is -2.27. The standard InChI is InChI=1S/C20H30ClNO5.C14H20ClNO4/c1-5-17(18(23)24)26-13-7-11-22(19(25)27-20(2,3)4)12-10-15-8-6-9-16(21)14-15;15-12-3-1-2-11(10-12)4-5-13(20-14(16)18)6-8-19-9-7-17/h6,8-9,14,17H,5,7,10-13H2,1-4H3,(H,23,24);1-3,10,13,17H,4-9H2,(H2,16,18). The smallest absolute Gasteiger partial charge is 0.410 e. The molecule has 2 rings (SSSR count). The van der Waals surface area contributed by atoms with Gasteiger partial charge in [0, 0.05) is 36.2 Å². The molecular formula is C34H50Cl2N2O9. The topological polar surface area (TPSA) is 158 Å². The number of halogens is 2. The summed E-state index contributed by atoms with van der Waals surface area (Å²) in [4.78, 5) is 36.0.